The molecular weight excluding hydrogens is 572 g/mol. The summed E-state index contributed by atoms with van der Waals surface area (Å²) in [6.07, 6.45) is 48.1. The van der Waals surface area contributed by atoms with Crippen molar-refractivity contribution in [3.05, 3.63) is 72.9 Å². The number of aliphatic hydroxyl groups excluding tert-OH is 1. The molecule has 0 heterocycles. The summed E-state index contributed by atoms with van der Waals surface area (Å²) >= 11 is 0. The number of hydrogen-bond donors (Lipinski definition) is 1. The molecule has 262 valence electrons. The van der Waals surface area contributed by atoms with Crippen molar-refractivity contribution in [1.82, 2.24) is 0 Å². The lowest BCUT2D eigenvalue weighted by Gasteiger charge is -2.15. The normalized spacial score (nSPS) is 13.0. The fourth-order valence-corrected chi connectivity index (χ4v) is 4.63. The highest BCUT2D eigenvalue weighted by Gasteiger charge is 2.15. The van der Waals surface area contributed by atoms with Crippen molar-refractivity contribution in [2.45, 2.75) is 161 Å². The summed E-state index contributed by atoms with van der Waals surface area (Å²) < 4.78 is 10.5. The smallest absolute Gasteiger partial charge is 0.306 e. The van der Waals surface area contributed by atoms with Gasteiger partial charge in [0.05, 0.1) is 6.61 Å². The molecule has 0 saturated carbocycles. The van der Waals surface area contributed by atoms with Crippen LogP contribution in [0.4, 0.5) is 0 Å². The first kappa shape index (κ1) is 43.3. The Bertz CT molecular complexity index is 864. The highest BCUT2D eigenvalue weighted by molar-refractivity contribution is 5.70. The largest absolute Gasteiger partial charge is 0.462 e. The predicted octanol–water partition coefficient (Wildman–Crippen LogP) is 11.4. The molecule has 0 aromatic carbocycles. The van der Waals surface area contributed by atoms with E-state index in [1.807, 2.05) is 0 Å². The van der Waals surface area contributed by atoms with Gasteiger partial charge in [0.1, 0.15) is 6.61 Å². The molecule has 0 saturated heterocycles. The predicted molar refractivity (Wildman–Crippen MR) is 196 cm³/mol. The van der Waals surface area contributed by atoms with E-state index in [9.17, 15) is 14.7 Å². The van der Waals surface area contributed by atoms with Crippen LogP contribution in [0.15, 0.2) is 72.9 Å². The summed E-state index contributed by atoms with van der Waals surface area (Å²) in [4.78, 5) is 24.2. The molecule has 0 amide bonds. The molecule has 5 nitrogen and oxygen atoms in total. The molecule has 0 unspecified atom stereocenters. The van der Waals surface area contributed by atoms with Gasteiger partial charge in [-0.1, -0.05) is 132 Å². The van der Waals surface area contributed by atoms with Gasteiger partial charge >= 0.3 is 11.9 Å². The summed E-state index contributed by atoms with van der Waals surface area (Å²) in [7, 11) is 0. The third kappa shape index (κ3) is 34.2. The average molecular weight is 641 g/mol. The van der Waals surface area contributed by atoms with E-state index in [1.54, 1.807) is 0 Å². The van der Waals surface area contributed by atoms with E-state index in [1.165, 1.54) is 57.8 Å². The van der Waals surface area contributed by atoms with Gasteiger partial charge in [-0.3, -0.25) is 9.59 Å². The fraction of sp³-hybridized carbons (Fsp3) is 0.659. The van der Waals surface area contributed by atoms with E-state index in [4.69, 9.17) is 9.47 Å². The lowest BCUT2D eigenvalue weighted by Crippen LogP contribution is -2.28. The minimum atomic E-state index is -0.803. The second-order valence-electron chi connectivity index (χ2n) is 11.9. The molecule has 1 atom stereocenters. The van der Waals surface area contributed by atoms with Crippen LogP contribution in [0.1, 0.15) is 155 Å². The fourth-order valence-electron chi connectivity index (χ4n) is 4.63. The number of ether oxygens (including phenoxy) is 2. The minimum Gasteiger partial charge on any atom is -0.462 e. The standard InChI is InChI=1S/C41H68O5/c1-3-5-7-9-11-13-15-17-19-20-22-23-25-27-29-31-33-35-40(43)45-38-39(37-42)46-41(44)36-34-32-30-28-26-24-21-18-16-14-12-10-8-6-4-2/h11-14,17-19,21-23,27,29,39,42H,3-10,15-16,20,24-26,28,30-38H2,1-2H3/b13-11-,14-12-,19-17-,21-18-,23-22-,29-27-/t39-/m0/s1. The molecule has 0 bridgehead atoms. The van der Waals surface area contributed by atoms with E-state index in [-0.39, 0.29) is 25.2 Å². The summed E-state index contributed by atoms with van der Waals surface area (Å²) in [5.74, 6) is -0.680. The number of allylic oxidation sites excluding steroid dienone is 12. The number of carbonyl (C=O) groups excluding carboxylic acids is 2. The van der Waals surface area contributed by atoms with Crippen molar-refractivity contribution in [1.29, 1.82) is 0 Å². The van der Waals surface area contributed by atoms with E-state index in [0.29, 0.717) is 19.3 Å². The van der Waals surface area contributed by atoms with Crippen molar-refractivity contribution in [2.75, 3.05) is 13.2 Å². The van der Waals surface area contributed by atoms with Gasteiger partial charge in [0, 0.05) is 12.8 Å². The van der Waals surface area contributed by atoms with E-state index < -0.39 is 6.10 Å². The van der Waals surface area contributed by atoms with Gasteiger partial charge in [-0.2, -0.15) is 0 Å². The van der Waals surface area contributed by atoms with Crippen LogP contribution in [0.3, 0.4) is 0 Å². The quantitative estimate of drug-likeness (QED) is 0.0450. The van der Waals surface area contributed by atoms with Crippen LogP contribution in [0, 0.1) is 0 Å². The maximum Gasteiger partial charge on any atom is 0.306 e. The van der Waals surface area contributed by atoms with Gasteiger partial charge < -0.3 is 14.6 Å². The van der Waals surface area contributed by atoms with Gasteiger partial charge in [0.15, 0.2) is 6.10 Å². The Hall–Kier alpha value is -2.66. The molecule has 1 N–H and O–H groups in total. The van der Waals surface area contributed by atoms with Gasteiger partial charge in [0.2, 0.25) is 0 Å². The van der Waals surface area contributed by atoms with E-state index in [2.05, 4.69) is 86.8 Å². The zero-order valence-electron chi connectivity index (χ0n) is 29.6. The van der Waals surface area contributed by atoms with Crippen LogP contribution < -0.4 is 0 Å². The van der Waals surface area contributed by atoms with Crippen LogP contribution in [0.5, 0.6) is 0 Å². The first-order valence-electron chi connectivity index (χ1n) is 18.5. The molecular formula is C41H68O5. The Morgan fingerprint density at radius 1 is 0.500 bits per heavy atom. The topological polar surface area (TPSA) is 72.8 Å². The van der Waals surface area contributed by atoms with Crippen LogP contribution in [-0.4, -0.2) is 36.4 Å². The second-order valence-corrected chi connectivity index (χ2v) is 11.9. The Balaban J connectivity index is 3.73. The van der Waals surface area contributed by atoms with Gasteiger partial charge in [-0.05, 0) is 83.5 Å². The Kier molecular flexibility index (Phi) is 34.7. The molecule has 0 radical (unpaired) electrons. The Morgan fingerprint density at radius 2 is 0.891 bits per heavy atom. The van der Waals surface area contributed by atoms with Crippen LogP contribution in [-0.2, 0) is 19.1 Å². The number of hydrogen-bond acceptors (Lipinski definition) is 5. The van der Waals surface area contributed by atoms with Gasteiger partial charge in [-0.15, -0.1) is 0 Å². The second kappa shape index (κ2) is 36.8. The number of aliphatic hydroxyl groups is 1. The third-order valence-corrected chi connectivity index (χ3v) is 7.47. The van der Waals surface area contributed by atoms with Crippen LogP contribution >= 0.6 is 0 Å². The molecule has 0 aliphatic rings. The molecule has 0 aliphatic heterocycles. The number of rotatable bonds is 32. The monoisotopic (exact) mass is 641 g/mol. The molecule has 0 rings (SSSR count). The SMILES string of the molecule is CCCCC/C=C\C/C=C\C/C=C\C/C=C\CCCC(=O)OC[C@H](CO)OC(=O)CCCCCCC/C=C\C/C=C\CCCCC. The Labute approximate surface area is 283 Å². The molecule has 5 heteroatoms. The van der Waals surface area contributed by atoms with Crippen molar-refractivity contribution >= 4 is 11.9 Å². The number of carbonyl (C=O) groups is 2. The molecule has 0 aliphatic carbocycles. The lowest BCUT2D eigenvalue weighted by atomic mass is 10.1. The third-order valence-electron chi connectivity index (χ3n) is 7.47. The molecule has 0 spiro atoms. The maximum absolute atomic E-state index is 12.1. The zero-order valence-corrected chi connectivity index (χ0v) is 29.6. The van der Waals surface area contributed by atoms with Gasteiger partial charge in [-0.25, -0.2) is 0 Å². The van der Waals surface area contributed by atoms with Crippen molar-refractivity contribution in [2.24, 2.45) is 0 Å². The Morgan fingerprint density at radius 3 is 1.37 bits per heavy atom. The van der Waals surface area contributed by atoms with Crippen molar-refractivity contribution in [3.8, 4) is 0 Å². The first-order chi connectivity index (χ1) is 22.6. The highest BCUT2D eigenvalue weighted by Crippen LogP contribution is 2.10. The van der Waals surface area contributed by atoms with E-state index >= 15 is 0 Å². The van der Waals surface area contributed by atoms with Crippen molar-refractivity contribution < 1.29 is 24.2 Å². The molecule has 46 heavy (non-hydrogen) atoms. The minimum absolute atomic E-state index is 0.104. The number of unbranched alkanes of at least 4 members (excludes halogenated alkanes) is 12. The van der Waals surface area contributed by atoms with Crippen LogP contribution in [0.25, 0.3) is 0 Å². The lowest BCUT2D eigenvalue weighted by molar-refractivity contribution is -0.161. The van der Waals surface area contributed by atoms with Crippen LogP contribution in [0.2, 0.25) is 0 Å². The molecule has 0 fully saturated rings. The molecule has 0 aromatic heterocycles. The summed E-state index contributed by atoms with van der Waals surface area (Å²) in [5.41, 5.74) is 0. The summed E-state index contributed by atoms with van der Waals surface area (Å²) in [5, 5.41) is 9.53. The highest BCUT2D eigenvalue weighted by atomic mass is 16.6. The van der Waals surface area contributed by atoms with E-state index in [0.717, 1.165) is 64.2 Å². The zero-order chi connectivity index (χ0) is 33.6. The number of esters is 2. The first-order valence-corrected chi connectivity index (χ1v) is 18.5. The summed E-state index contributed by atoms with van der Waals surface area (Å²) in [6.45, 7) is 4.00. The average Bonchev–Trinajstić information content (AvgIpc) is 3.06. The van der Waals surface area contributed by atoms with Gasteiger partial charge in [0.25, 0.3) is 0 Å². The van der Waals surface area contributed by atoms with Crippen molar-refractivity contribution in [3.63, 3.8) is 0 Å². The maximum atomic E-state index is 12.1. The molecule has 0 aromatic rings. The summed E-state index contributed by atoms with van der Waals surface area (Å²) in [6, 6.07) is 0.